The Hall–Kier alpha value is -2.90. The monoisotopic (exact) mass is 346 g/mol. The Bertz CT molecular complexity index is 903. The second-order valence-electron chi connectivity index (χ2n) is 6.25. The topological polar surface area (TPSA) is 87.2 Å². The van der Waals surface area contributed by atoms with Crippen molar-refractivity contribution in [2.24, 2.45) is 7.05 Å². The average Bonchev–Trinajstić information content (AvgIpc) is 3.00. The summed E-state index contributed by atoms with van der Waals surface area (Å²) in [5.41, 5.74) is -0.133. The Morgan fingerprint density at radius 3 is 2.76 bits per heavy atom. The first kappa shape index (κ1) is 16.9. The molecule has 2 N–H and O–H groups in total. The fourth-order valence-electron chi connectivity index (χ4n) is 2.88. The Kier molecular flexibility index (Phi) is 4.43. The molecule has 25 heavy (non-hydrogen) atoms. The fourth-order valence-corrected chi connectivity index (χ4v) is 2.88. The van der Waals surface area contributed by atoms with Gasteiger partial charge >= 0.3 is 5.69 Å². The zero-order chi connectivity index (χ0) is 18.1. The summed E-state index contributed by atoms with van der Waals surface area (Å²) in [4.78, 5) is 40.1. The molecule has 1 aliphatic heterocycles. The number of aromatic nitrogens is 2. The van der Waals surface area contributed by atoms with Crippen LogP contribution >= 0.6 is 0 Å². The van der Waals surface area contributed by atoms with Gasteiger partial charge < -0.3 is 10.2 Å². The Labute approximate surface area is 143 Å². The smallest absolute Gasteiger partial charge is 0.329 e. The molecule has 8 heteroatoms. The molecule has 0 saturated carbocycles. The lowest BCUT2D eigenvalue weighted by molar-refractivity contribution is 0.0936. The van der Waals surface area contributed by atoms with Crippen molar-refractivity contribution in [3.05, 3.63) is 62.0 Å². The molecular formula is C17H19FN4O3. The van der Waals surface area contributed by atoms with Gasteiger partial charge in [0.1, 0.15) is 11.6 Å². The van der Waals surface area contributed by atoms with Crippen LogP contribution in [0.5, 0.6) is 0 Å². The van der Waals surface area contributed by atoms with Crippen LogP contribution < -0.4 is 21.5 Å². The Morgan fingerprint density at radius 2 is 2.08 bits per heavy atom. The summed E-state index contributed by atoms with van der Waals surface area (Å²) in [5, 5.41) is 2.80. The fraction of sp³-hybridized carbons (Fsp3) is 0.353. The summed E-state index contributed by atoms with van der Waals surface area (Å²) >= 11 is 0. The van der Waals surface area contributed by atoms with Crippen molar-refractivity contribution in [3.8, 4) is 0 Å². The van der Waals surface area contributed by atoms with Crippen LogP contribution in [0.25, 0.3) is 0 Å². The normalized spacial score (nSPS) is 16.9. The van der Waals surface area contributed by atoms with Crippen molar-refractivity contribution in [1.82, 2.24) is 14.9 Å². The highest BCUT2D eigenvalue weighted by atomic mass is 19.1. The van der Waals surface area contributed by atoms with E-state index in [4.69, 9.17) is 0 Å². The standard InChI is InChI=1S/C17H19FN4O3/c1-10-3-4-12(13(18)7-10)16(24)19-11-5-6-22(9-11)14-8-15(23)21(2)17(25)20-14/h3-4,7-8,11H,5-6,9H2,1-2H3,(H,19,24)(H,20,25). The van der Waals surface area contributed by atoms with Gasteiger partial charge in [0.15, 0.2) is 0 Å². The van der Waals surface area contributed by atoms with E-state index in [0.29, 0.717) is 25.3 Å². The van der Waals surface area contributed by atoms with Crippen LogP contribution in [0.1, 0.15) is 22.3 Å². The number of benzene rings is 1. The van der Waals surface area contributed by atoms with Crippen molar-refractivity contribution in [2.45, 2.75) is 19.4 Å². The third-order valence-corrected chi connectivity index (χ3v) is 4.36. The average molecular weight is 346 g/mol. The van der Waals surface area contributed by atoms with E-state index >= 15 is 0 Å². The second kappa shape index (κ2) is 6.54. The molecule has 3 rings (SSSR count). The first-order valence-corrected chi connectivity index (χ1v) is 7.97. The highest BCUT2D eigenvalue weighted by molar-refractivity contribution is 5.94. The summed E-state index contributed by atoms with van der Waals surface area (Å²) in [7, 11) is 1.40. The van der Waals surface area contributed by atoms with Gasteiger partial charge in [0.05, 0.1) is 5.56 Å². The largest absolute Gasteiger partial charge is 0.356 e. The van der Waals surface area contributed by atoms with Crippen molar-refractivity contribution in [2.75, 3.05) is 18.0 Å². The van der Waals surface area contributed by atoms with E-state index in [0.717, 1.165) is 10.1 Å². The molecule has 7 nitrogen and oxygen atoms in total. The number of hydrogen-bond donors (Lipinski definition) is 2. The number of nitrogens with one attached hydrogen (secondary N) is 2. The highest BCUT2D eigenvalue weighted by Crippen LogP contribution is 2.17. The number of halogens is 1. The van der Waals surface area contributed by atoms with Crippen LogP contribution in [0, 0.1) is 12.7 Å². The number of carbonyl (C=O) groups is 1. The lowest BCUT2D eigenvalue weighted by Crippen LogP contribution is -2.39. The maximum Gasteiger partial charge on any atom is 0.329 e. The Morgan fingerprint density at radius 1 is 1.32 bits per heavy atom. The zero-order valence-corrected chi connectivity index (χ0v) is 14.0. The third kappa shape index (κ3) is 3.47. The molecular weight excluding hydrogens is 327 g/mol. The first-order chi connectivity index (χ1) is 11.8. The van der Waals surface area contributed by atoms with Crippen LogP contribution in [0.4, 0.5) is 10.2 Å². The van der Waals surface area contributed by atoms with Crippen LogP contribution in [-0.2, 0) is 7.05 Å². The van der Waals surface area contributed by atoms with E-state index in [2.05, 4.69) is 10.3 Å². The van der Waals surface area contributed by atoms with Gasteiger partial charge in [-0.1, -0.05) is 6.07 Å². The SMILES string of the molecule is Cc1ccc(C(=O)NC2CCN(c3cc(=O)n(C)c(=O)[nH]3)C2)c(F)c1. The zero-order valence-electron chi connectivity index (χ0n) is 14.0. The lowest BCUT2D eigenvalue weighted by atomic mass is 10.1. The number of H-pyrrole nitrogens is 1. The number of rotatable bonds is 3. The van der Waals surface area contributed by atoms with E-state index in [1.807, 2.05) is 4.90 Å². The van der Waals surface area contributed by atoms with E-state index in [-0.39, 0.29) is 11.6 Å². The summed E-state index contributed by atoms with van der Waals surface area (Å²) < 4.78 is 14.9. The van der Waals surface area contributed by atoms with Gasteiger partial charge in [0.2, 0.25) is 0 Å². The van der Waals surface area contributed by atoms with Crippen LogP contribution in [0.3, 0.4) is 0 Å². The lowest BCUT2D eigenvalue weighted by Gasteiger charge is -2.18. The molecule has 1 fully saturated rings. The van der Waals surface area contributed by atoms with Gasteiger partial charge in [0, 0.05) is 32.2 Å². The van der Waals surface area contributed by atoms with E-state index in [9.17, 15) is 18.8 Å². The molecule has 1 atom stereocenters. The molecule has 1 aromatic heterocycles. The minimum atomic E-state index is -0.553. The quantitative estimate of drug-likeness (QED) is 0.849. The molecule has 2 aromatic rings. The minimum absolute atomic E-state index is 0.00559. The molecule has 1 aliphatic rings. The van der Waals surface area contributed by atoms with E-state index < -0.39 is 23.0 Å². The second-order valence-corrected chi connectivity index (χ2v) is 6.25. The van der Waals surface area contributed by atoms with Crippen molar-refractivity contribution >= 4 is 11.7 Å². The number of anilines is 1. The summed E-state index contributed by atoms with van der Waals surface area (Å²) in [5.74, 6) is -0.601. The van der Waals surface area contributed by atoms with Crippen LogP contribution in [-0.4, -0.2) is 34.6 Å². The third-order valence-electron chi connectivity index (χ3n) is 4.36. The number of aromatic amines is 1. The molecule has 0 bridgehead atoms. The maximum absolute atomic E-state index is 13.9. The summed E-state index contributed by atoms with van der Waals surface area (Å²) in [6.07, 6.45) is 0.635. The highest BCUT2D eigenvalue weighted by Gasteiger charge is 2.26. The van der Waals surface area contributed by atoms with Crippen molar-refractivity contribution < 1.29 is 9.18 Å². The molecule has 1 saturated heterocycles. The molecule has 2 heterocycles. The van der Waals surface area contributed by atoms with Gasteiger partial charge in [-0.05, 0) is 31.0 Å². The summed E-state index contributed by atoms with van der Waals surface area (Å²) in [6, 6.07) is 5.63. The number of amides is 1. The van der Waals surface area contributed by atoms with Crippen molar-refractivity contribution in [1.29, 1.82) is 0 Å². The molecule has 0 aliphatic carbocycles. The molecule has 1 unspecified atom stereocenters. The number of nitrogens with zero attached hydrogens (tertiary/aromatic N) is 2. The van der Waals surface area contributed by atoms with E-state index in [1.54, 1.807) is 13.0 Å². The number of aryl methyl sites for hydroxylation is 1. The van der Waals surface area contributed by atoms with Crippen LogP contribution in [0.2, 0.25) is 0 Å². The molecule has 0 spiro atoms. The van der Waals surface area contributed by atoms with Crippen molar-refractivity contribution in [3.63, 3.8) is 0 Å². The van der Waals surface area contributed by atoms with Crippen LogP contribution in [0.15, 0.2) is 33.9 Å². The van der Waals surface area contributed by atoms with Gasteiger partial charge in [-0.25, -0.2) is 9.18 Å². The molecule has 0 radical (unpaired) electrons. The Balaban J connectivity index is 1.70. The molecule has 132 valence electrons. The van der Waals surface area contributed by atoms with Gasteiger partial charge in [-0.3, -0.25) is 19.1 Å². The predicted molar refractivity (Wildman–Crippen MR) is 91.5 cm³/mol. The van der Waals surface area contributed by atoms with Gasteiger partial charge in [-0.15, -0.1) is 0 Å². The van der Waals surface area contributed by atoms with Gasteiger partial charge in [0.25, 0.3) is 11.5 Å². The molecule has 1 amide bonds. The predicted octanol–water partition coefficient (Wildman–Crippen LogP) is 0.530. The van der Waals surface area contributed by atoms with Gasteiger partial charge in [-0.2, -0.15) is 0 Å². The maximum atomic E-state index is 13.9. The van der Waals surface area contributed by atoms with E-state index in [1.165, 1.54) is 25.2 Å². The first-order valence-electron chi connectivity index (χ1n) is 7.97. The molecule has 1 aromatic carbocycles. The number of hydrogen-bond acceptors (Lipinski definition) is 4. The summed E-state index contributed by atoms with van der Waals surface area (Å²) in [6.45, 7) is 2.76. The number of carbonyl (C=O) groups excluding carboxylic acids is 1. The minimum Gasteiger partial charge on any atom is -0.356 e.